The molecule has 0 fully saturated rings. The van der Waals surface area contributed by atoms with Crippen LogP contribution in [0.1, 0.15) is 10.8 Å². The number of nitrogens with one attached hydrogen (secondary N) is 1. The van der Waals surface area contributed by atoms with Gasteiger partial charge in [0.1, 0.15) is 21.6 Å². The molecule has 1 aromatic heterocycles. The predicted molar refractivity (Wildman–Crippen MR) is 115 cm³/mol. The Morgan fingerprint density at radius 1 is 0.935 bits per heavy atom. The Hall–Kier alpha value is -2.95. The van der Waals surface area contributed by atoms with Crippen LogP contribution < -0.4 is 14.2 Å². The average Bonchev–Trinajstić information content (AvgIpc) is 2.79. The number of aromatic nitrogens is 1. The van der Waals surface area contributed by atoms with Crippen LogP contribution in [-0.2, 0) is 19.9 Å². The smallest absolute Gasteiger partial charge is 0.244 e. The van der Waals surface area contributed by atoms with Crippen LogP contribution in [0.2, 0.25) is 0 Å². The monoisotopic (exact) mass is 462 g/mol. The molecule has 0 aliphatic rings. The molecule has 0 saturated heterocycles. The van der Waals surface area contributed by atoms with Crippen molar-refractivity contribution in [2.24, 2.45) is 0 Å². The zero-order valence-electron chi connectivity index (χ0n) is 16.9. The van der Waals surface area contributed by atoms with Gasteiger partial charge in [0.15, 0.2) is 9.84 Å². The van der Waals surface area contributed by atoms with E-state index in [0.29, 0.717) is 11.3 Å². The third-order valence-corrected chi connectivity index (χ3v) is 8.18. The molecule has 0 saturated carbocycles. The minimum Gasteiger partial charge on any atom is -0.497 e. The van der Waals surface area contributed by atoms with Crippen molar-refractivity contribution in [2.75, 3.05) is 20.8 Å². The lowest BCUT2D eigenvalue weighted by molar-refractivity contribution is 0.392. The zero-order chi connectivity index (χ0) is 22.5. The number of pyridine rings is 1. The Labute approximate surface area is 181 Å². The van der Waals surface area contributed by atoms with Crippen molar-refractivity contribution in [1.82, 2.24) is 9.71 Å². The minimum atomic E-state index is -4.12. The van der Waals surface area contributed by atoms with Gasteiger partial charge < -0.3 is 9.47 Å². The van der Waals surface area contributed by atoms with Gasteiger partial charge in [-0.1, -0.05) is 24.3 Å². The summed E-state index contributed by atoms with van der Waals surface area (Å²) >= 11 is 0. The molecule has 10 heteroatoms. The molecular formula is C21H22N2O6S2. The van der Waals surface area contributed by atoms with Gasteiger partial charge in [0.2, 0.25) is 10.0 Å². The van der Waals surface area contributed by atoms with Crippen LogP contribution in [0.3, 0.4) is 0 Å². The van der Waals surface area contributed by atoms with E-state index < -0.39 is 31.7 Å². The number of methoxy groups -OCH3 is 2. The van der Waals surface area contributed by atoms with E-state index in [9.17, 15) is 16.8 Å². The Balaban J connectivity index is 1.98. The van der Waals surface area contributed by atoms with Crippen LogP contribution in [0.25, 0.3) is 0 Å². The van der Waals surface area contributed by atoms with Crippen LogP contribution >= 0.6 is 0 Å². The molecule has 1 N–H and O–H groups in total. The molecule has 31 heavy (non-hydrogen) atoms. The maximum atomic E-state index is 13.3. The fourth-order valence-corrected chi connectivity index (χ4v) is 6.00. The highest BCUT2D eigenvalue weighted by Gasteiger charge is 2.31. The minimum absolute atomic E-state index is 0.0852. The van der Waals surface area contributed by atoms with Crippen LogP contribution in [0.5, 0.6) is 11.5 Å². The molecule has 1 atom stereocenters. The van der Waals surface area contributed by atoms with Crippen molar-refractivity contribution in [3.8, 4) is 11.5 Å². The number of benzene rings is 2. The fraction of sp³-hybridized carbons (Fsp3) is 0.190. The summed E-state index contributed by atoms with van der Waals surface area (Å²) in [6.45, 7) is -0.397. The molecule has 8 nitrogen and oxygen atoms in total. The number of ether oxygens (including phenoxy) is 2. The van der Waals surface area contributed by atoms with E-state index in [1.165, 1.54) is 50.9 Å². The predicted octanol–water partition coefficient (Wildman–Crippen LogP) is 2.59. The van der Waals surface area contributed by atoms with Crippen molar-refractivity contribution in [1.29, 1.82) is 0 Å². The van der Waals surface area contributed by atoms with Gasteiger partial charge in [0.05, 0.1) is 19.1 Å². The second-order valence-electron chi connectivity index (χ2n) is 6.50. The lowest BCUT2D eigenvalue weighted by Gasteiger charge is -2.19. The molecule has 1 unspecified atom stereocenters. The summed E-state index contributed by atoms with van der Waals surface area (Å²) in [4.78, 5) is 3.92. The molecule has 164 valence electrons. The summed E-state index contributed by atoms with van der Waals surface area (Å²) in [5.74, 6) is 0.430. The van der Waals surface area contributed by atoms with Gasteiger partial charge in [-0.25, -0.2) is 21.6 Å². The first-order chi connectivity index (χ1) is 14.8. The van der Waals surface area contributed by atoms with Gasteiger partial charge in [0, 0.05) is 25.0 Å². The van der Waals surface area contributed by atoms with Crippen LogP contribution in [0.15, 0.2) is 82.8 Å². The van der Waals surface area contributed by atoms with E-state index in [1.807, 2.05) is 0 Å². The molecule has 0 amide bonds. The van der Waals surface area contributed by atoms with Crippen LogP contribution in [-0.4, -0.2) is 42.6 Å². The average molecular weight is 463 g/mol. The van der Waals surface area contributed by atoms with E-state index in [-0.39, 0.29) is 15.5 Å². The maximum Gasteiger partial charge on any atom is 0.244 e. The SMILES string of the molecule is COc1ccc(OC)c(S(=O)(=O)NCC(c2cccnc2)S(=O)(=O)c2ccccc2)c1. The molecule has 1 heterocycles. The maximum absolute atomic E-state index is 13.3. The quantitative estimate of drug-likeness (QED) is 0.520. The standard InChI is InChI=1S/C21H22N2O6S2/c1-28-17-10-11-19(29-2)20(13-17)31(26,27)23-15-21(16-7-6-12-22-14-16)30(24,25)18-8-4-3-5-9-18/h3-14,21,23H,15H2,1-2H3. The van der Waals surface area contributed by atoms with Crippen molar-refractivity contribution in [3.05, 3.63) is 78.6 Å². The van der Waals surface area contributed by atoms with Gasteiger partial charge in [-0.05, 0) is 35.9 Å². The number of nitrogens with zero attached hydrogens (tertiary/aromatic N) is 1. The van der Waals surface area contributed by atoms with E-state index >= 15 is 0 Å². The highest BCUT2D eigenvalue weighted by atomic mass is 32.2. The summed E-state index contributed by atoms with van der Waals surface area (Å²) in [5.41, 5.74) is 0.367. The largest absolute Gasteiger partial charge is 0.497 e. The van der Waals surface area contributed by atoms with E-state index in [4.69, 9.17) is 9.47 Å². The first kappa shape index (κ1) is 22.7. The van der Waals surface area contributed by atoms with Gasteiger partial charge in [-0.2, -0.15) is 0 Å². The number of sulfonamides is 1. The summed E-state index contributed by atoms with van der Waals surface area (Å²) in [6, 6.07) is 15.4. The third kappa shape index (κ3) is 5.04. The molecule has 3 aromatic rings. The molecule has 3 rings (SSSR count). The molecule has 0 aliphatic heterocycles. The van der Waals surface area contributed by atoms with Crippen LogP contribution in [0, 0.1) is 0 Å². The second kappa shape index (κ2) is 9.46. The summed E-state index contributed by atoms with van der Waals surface area (Å²) < 4.78 is 65.3. The first-order valence-corrected chi connectivity index (χ1v) is 12.2. The summed E-state index contributed by atoms with van der Waals surface area (Å²) in [5, 5.41) is -1.19. The van der Waals surface area contributed by atoms with Gasteiger partial charge in [-0.15, -0.1) is 0 Å². The number of rotatable bonds is 9. The highest BCUT2D eigenvalue weighted by molar-refractivity contribution is 7.92. The van der Waals surface area contributed by atoms with Crippen LogP contribution in [0.4, 0.5) is 0 Å². The normalized spacial score (nSPS) is 12.8. The van der Waals surface area contributed by atoms with E-state index in [2.05, 4.69) is 9.71 Å². The molecule has 0 spiro atoms. The van der Waals surface area contributed by atoms with Gasteiger partial charge >= 0.3 is 0 Å². The fourth-order valence-electron chi connectivity index (χ4n) is 3.00. The number of sulfone groups is 1. The van der Waals surface area contributed by atoms with E-state index in [0.717, 1.165) is 0 Å². The molecule has 0 aliphatic carbocycles. The van der Waals surface area contributed by atoms with Crippen molar-refractivity contribution < 1.29 is 26.3 Å². The first-order valence-electron chi connectivity index (χ1n) is 9.20. The van der Waals surface area contributed by atoms with Gasteiger partial charge in [0.25, 0.3) is 0 Å². The number of hydrogen-bond acceptors (Lipinski definition) is 7. The Morgan fingerprint density at radius 3 is 2.29 bits per heavy atom. The lowest BCUT2D eigenvalue weighted by Crippen LogP contribution is -2.32. The third-order valence-electron chi connectivity index (χ3n) is 4.62. The highest BCUT2D eigenvalue weighted by Crippen LogP contribution is 2.31. The molecule has 2 aromatic carbocycles. The Morgan fingerprint density at radius 2 is 1.68 bits per heavy atom. The summed E-state index contributed by atoms with van der Waals surface area (Å²) in [7, 11) is -5.27. The molecule has 0 bridgehead atoms. The zero-order valence-corrected chi connectivity index (χ0v) is 18.6. The Kier molecular flexibility index (Phi) is 6.94. The Bertz CT molecular complexity index is 1230. The van der Waals surface area contributed by atoms with Crippen molar-refractivity contribution in [3.63, 3.8) is 0 Å². The van der Waals surface area contributed by atoms with Crippen molar-refractivity contribution >= 4 is 19.9 Å². The van der Waals surface area contributed by atoms with Crippen molar-refractivity contribution in [2.45, 2.75) is 15.0 Å². The lowest BCUT2D eigenvalue weighted by atomic mass is 10.2. The molecular weight excluding hydrogens is 440 g/mol. The van der Waals surface area contributed by atoms with E-state index in [1.54, 1.807) is 36.4 Å². The summed E-state index contributed by atoms with van der Waals surface area (Å²) in [6.07, 6.45) is 2.92. The van der Waals surface area contributed by atoms with Gasteiger partial charge in [-0.3, -0.25) is 4.98 Å². The molecule has 0 radical (unpaired) electrons. The topological polar surface area (TPSA) is 112 Å². The second-order valence-corrected chi connectivity index (χ2v) is 10.4. The number of hydrogen-bond donors (Lipinski definition) is 1.